The summed E-state index contributed by atoms with van der Waals surface area (Å²) in [5, 5.41) is 28.2. The zero-order valence-corrected chi connectivity index (χ0v) is 11.5. The third-order valence-corrected chi connectivity index (χ3v) is 4.28. The highest BCUT2D eigenvalue weighted by molar-refractivity contribution is 6.21. The van der Waals surface area contributed by atoms with Gasteiger partial charge in [-0.15, -0.1) is 0 Å². The van der Waals surface area contributed by atoms with E-state index in [4.69, 9.17) is 0 Å². The van der Waals surface area contributed by atoms with E-state index in [-0.39, 0.29) is 17.1 Å². The summed E-state index contributed by atoms with van der Waals surface area (Å²) >= 11 is 0. The van der Waals surface area contributed by atoms with Crippen LogP contribution in [0, 0.1) is 20.2 Å². The van der Waals surface area contributed by atoms with Crippen LogP contribution in [0.5, 0.6) is 0 Å². The Hall–Kier alpha value is -3.03. The Morgan fingerprint density at radius 3 is 2.23 bits per heavy atom. The molecule has 1 heterocycles. The van der Waals surface area contributed by atoms with Crippen LogP contribution < -0.4 is 5.43 Å². The Morgan fingerprint density at radius 2 is 1.64 bits per heavy atom. The highest BCUT2D eigenvalue weighted by atomic mass is 16.6. The van der Waals surface area contributed by atoms with E-state index in [0.717, 1.165) is 16.5 Å². The fourth-order valence-corrected chi connectivity index (χ4v) is 3.40. The summed E-state index contributed by atoms with van der Waals surface area (Å²) in [5.41, 5.74) is 5.39. The van der Waals surface area contributed by atoms with Crippen LogP contribution in [0.2, 0.25) is 0 Å². The number of aryl methyl sites for hydroxylation is 2. The molecule has 0 spiro atoms. The molecule has 0 aromatic heterocycles. The van der Waals surface area contributed by atoms with Crippen molar-refractivity contribution in [2.75, 3.05) is 5.43 Å². The smallest absolute Gasteiger partial charge is 0.271 e. The second-order valence-electron chi connectivity index (χ2n) is 5.43. The van der Waals surface area contributed by atoms with Crippen LogP contribution in [-0.4, -0.2) is 15.6 Å². The first-order valence-electron chi connectivity index (χ1n) is 6.74. The van der Waals surface area contributed by atoms with Crippen molar-refractivity contribution in [3.05, 3.63) is 49.1 Å². The van der Waals surface area contributed by atoms with E-state index >= 15 is 0 Å². The number of anilines is 1. The maximum Gasteiger partial charge on any atom is 0.295 e. The average Bonchev–Trinajstić information content (AvgIpc) is 2.89. The van der Waals surface area contributed by atoms with Crippen LogP contribution in [-0.2, 0) is 12.8 Å². The van der Waals surface area contributed by atoms with Crippen molar-refractivity contribution in [3.63, 3.8) is 0 Å². The van der Waals surface area contributed by atoms with Gasteiger partial charge in [-0.2, -0.15) is 5.10 Å². The van der Waals surface area contributed by atoms with Crippen molar-refractivity contribution in [2.45, 2.75) is 19.8 Å². The first kappa shape index (κ1) is 12.7. The van der Waals surface area contributed by atoms with Gasteiger partial charge >= 0.3 is 0 Å². The molecule has 0 amide bonds. The molecule has 1 aliphatic carbocycles. The van der Waals surface area contributed by atoms with Gasteiger partial charge in [0.25, 0.3) is 11.4 Å². The molecule has 0 bridgehead atoms. The molecule has 0 unspecified atom stereocenters. The average molecular weight is 298 g/mol. The Balaban J connectivity index is 2.27. The Labute approximate surface area is 123 Å². The molecule has 110 valence electrons. The van der Waals surface area contributed by atoms with Crippen molar-refractivity contribution in [1.29, 1.82) is 0 Å². The predicted molar refractivity (Wildman–Crippen MR) is 80.5 cm³/mol. The molecule has 22 heavy (non-hydrogen) atoms. The minimum Gasteiger partial charge on any atom is -0.271 e. The summed E-state index contributed by atoms with van der Waals surface area (Å²) in [6, 6.07) is 3.13. The highest BCUT2D eigenvalue weighted by Gasteiger charge is 2.34. The number of nitrogens with one attached hydrogen (secondary N) is 1. The van der Waals surface area contributed by atoms with Gasteiger partial charge in [0.2, 0.25) is 0 Å². The second kappa shape index (κ2) is 4.00. The van der Waals surface area contributed by atoms with E-state index in [2.05, 4.69) is 10.5 Å². The van der Waals surface area contributed by atoms with Crippen molar-refractivity contribution in [2.24, 2.45) is 5.10 Å². The molecule has 1 N–H and O–H groups in total. The number of nitro groups is 2. The molecule has 0 radical (unpaired) electrons. The second-order valence-corrected chi connectivity index (χ2v) is 5.43. The zero-order valence-electron chi connectivity index (χ0n) is 11.5. The summed E-state index contributed by atoms with van der Waals surface area (Å²) in [6.45, 7) is 1.66. The largest absolute Gasteiger partial charge is 0.295 e. The van der Waals surface area contributed by atoms with Gasteiger partial charge < -0.3 is 0 Å². The lowest BCUT2D eigenvalue weighted by Crippen LogP contribution is -2.12. The lowest BCUT2D eigenvalue weighted by Gasteiger charge is -2.18. The van der Waals surface area contributed by atoms with Gasteiger partial charge in [-0.1, -0.05) is 0 Å². The van der Waals surface area contributed by atoms with Crippen LogP contribution in [0.15, 0.2) is 17.2 Å². The predicted octanol–water partition coefficient (Wildman–Crippen LogP) is 2.90. The lowest BCUT2D eigenvalue weighted by atomic mass is 9.93. The van der Waals surface area contributed by atoms with Crippen molar-refractivity contribution in [1.82, 2.24) is 0 Å². The molecule has 2 aliphatic rings. The van der Waals surface area contributed by atoms with Crippen LogP contribution >= 0.6 is 0 Å². The maximum absolute atomic E-state index is 11.4. The zero-order chi connectivity index (χ0) is 15.6. The molecular weight excluding hydrogens is 288 g/mol. The number of rotatable bonds is 2. The molecule has 2 aromatic rings. The summed E-state index contributed by atoms with van der Waals surface area (Å²) in [4.78, 5) is 21.8. The van der Waals surface area contributed by atoms with E-state index < -0.39 is 9.85 Å². The number of benzene rings is 2. The minimum atomic E-state index is -0.477. The molecule has 0 saturated heterocycles. The van der Waals surface area contributed by atoms with Gasteiger partial charge in [-0.25, -0.2) is 0 Å². The number of nitro benzene ring substituents is 2. The molecule has 4 rings (SSSR count). The summed E-state index contributed by atoms with van der Waals surface area (Å²) in [5.74, 6) is 0. The molecule has 2 aromatic carbocycles. The highest BCUT2D eigenvalue weighted by Crippen LogP contribution is 2.47. The third kappa shape index (κ3) is 1.43. The summed E-state index contributed by atoms with van der Waals surface area (Å²) in [7, 11) is 0. The molecule has 8 heteroatoms. The number of hydrogen-bond donors (Lipinski definition) is 1. The monoisotopic (exact) mass is 298 g/mol. The van der Waals surface area contributed by atoms with E-state index in [1.807, 2.05) is 0 Å². The van der Waals surface area contributed by atoms with E-state index in [1.165, 1.54) is 0 Å². The fourth-order valence-electron chi connectivity index (χ4n) is 3.40. The maximum atomic E-state index is 11.4. The standard InChI is InChI=1S/C14H10N4O4/c1-6-11-9(17(19)20)4-7-2-3-8-5-10(18(21)22)14(16-15-6)13(11)12(7)8/h4-5,16H,2-3H2,1H3. The molecule has 0 atom stereocenters. The number of hydrogen-bond acceptors (Lipinski definition) is 6. The van der Waals surface area contributed by atoms with Crippen LogP contribution in [0.25, 0.3) is 10.8 Å². The molecule has 8 nitrogen and oxygen atoms in total. The Bertz CT molecular complexity index is 922. The molecular formula is C14H10N4O4. The van der Waals surface area contributed by atoms with Gasteiger partial charge in [0.1, 0.15) is 5.69 Å². The molecule has 0 fully saturated rings. The fraction of sp³-hybridized carbons (Fsp3) is 0.214. The van der Waals surface area contributed by atoms with Crippen LogP contribution in [0.4, 0.5) is 17.1 Å². The summed E-state index contributed by atoms with van der Waals surface area (Å²) < 4.78 is 0. The van der Waals surface area contributed by atoms with Crippen molar-refractivity contribution < 1.29 is 9.85 Å². The SMILES string of the molecule is CC1=NNc2c([N+](=O)[O-])cc3c4c(cc([N+](=O)[O-])c1c24)CC3. The van der Waals surface area contributed by atoms with Crippen molar-refractivity contribution in [3.8, 4) is 0 Å². The first-order chi connectivity index (χ1) is 10.5. The normalized spacial score (nSPS) is 14.7. The molecule has 0 saturated carbocycles. The van der Waals surface area contributed by atoms with Gasteiger partial charge in [-0.05, 0) is 36.3 Å². The van der Waals surface area contributed by atoms with Gasteiger partial charge in [0, 0.05) is 17.5 Å². The van der Waals surface area contributed by atoms with E-state index in [1.54, 1.807) is 19.1 Å². The van der Waals surface area contributed by atoms with E-state index in [0.29, 0.717) is 29.5 Å². The van der Waals surface area contributed by atoms with Gasteiger partial charge in [0.05, 0.1) is 21.1 Å². The van der Waals surface area contributed by atoms with E-state index in [9.17, 15) is 20.2 Å². The third-order valence-electron chi connectivity index (χ3n) is 4.28. The van der Waals surface area contributed by atoms with Crippen LogP contribution in [0.1, 0.15) is 23.6 Å². The molecule has 1 aliphatic heterocycles. The number of hydrazone groups is 1. The van der Waals surface area contributed by atoms with Gasteiger partial charge in [0.15, 0.2) is 0 Å². The van der Waals surface area contributed by atoms with Gasteiger partial charge in [-0.3, -0.25) is 25.7 Å². The Kier molecular flexibility index (Phi) is 2.31. The van der Waals surface area contributed by atoms with Crippen LogP contribution in [0.3, 0.4) is 0 Å². The first-order valence-corrected chi connectivity index (χ1v) is 6.74. The minimum absolute atomic E-state index is 0.0418. The lowest BCUT2D eigenvalue weighted by molar-refractivity contribution is -0.385. The summed E-state index contributed by atoms with van der Waals surface area (Å²) in [6.07, 6.45) is 1.31. The van der Waals surface area contributed by atoms with Crippen molar-refractivity contribution >= 4 is 33.5 Å². The quantitative estimate of drug-likeness (QED) is 0.676. The number of nitrogens with zero attached hydrogens (tertiary/aromatic N) is 3. The topological polar surface area (TPSA) is 111 Å². The Morgan fingerprint density at radius 1 is 1.05 bits per heavy atom.